The third-order valence-electron chi connectivity index (χ3n) is 6.64. The van der Waals surface area contributed by atoms with Gasteiger partial charge in [0, 0.05) is 57.7 Å². The van der Waals surface area contributed by atoms with E-state index in [1.165, 1.54) is 17.4 Å². The molecule has 0 amide bonds. The fourth-order valence-corrected chi connectivity index (χ4v) is 4.74. The summed E-state index contributed by atoms with van der Waals surface area (Å²) < 4.78 is 3.32. The maximum atomic E-state index is 12.9. The molecule has 0 radical (unpaired) electrons. The molecule has 0 N–H and O–H groups in total. The van der Waals surface area contributed by atoms with E-state index in [-0.39, 0.29) is 11.2 Å². The second-order valence-electron chi connectivity index (χ2n) is 8.67. The number of hydrogen-bond acceptors (Lipinski definition) is 6. The van der Waals surface area contributed by atoms with Crippen LogP contribution in [0.4, 0.5) is 5.69 Å². The minimum atomic E-state index is -0.216. The van der Waals surface area contributed by atoms with E-state index in [0.29, 0.717) is 18.0 Å². The highest BCUT2D eigenvalue weighted by Gasteiger charge is 2.21. The first-order valence-corrected chi connectivity index (χ1v) is 11.1. The second-order valence-corrected chi connectivity index (χ2v) is 8.67. The van der Waals surface area contributed by atoms with Gasteiger partial charge in [-0.15, -0.1) is 0 Å². The summed E-state index contributed by atoms with van der Waals surface area (Å²) in [6.07, 6.45) is 8.03. The van der Waals surface area contributed by atoms with E-state index < -0.39 is 0 Å². The third-order valence-corrected chi connectivity index (χ3v) is 6.64. The van der Waals surface area contributed by atoms with Crippen LogP contribution in [0.3, 0.4) is 0 Å². The van der Waals surface area contributed by atoms with Crippen LogP contribution in [0.1, 0.15) is 37.4 Å². The van der Waals surface area contributed by atoms with Gasteiger partial charge < -0.3 is 9.47 Å². The highest BCUT2D eigenvalue weighted by atomic mass is 16.1. The molecule has 5 rings (SSSR count). The van der Waals surface area contributed by atoms with Gasteiger partial charge >= 0.3 is 5.69 Å². The van der Waals surface area contributed by atoms with Gasteiger partial charge in [-0.1, -0.05) is 12.8 Å². The fraction of sp³-hybridized carbons (Fsp3) is 0.478. The molecule has 1 saturated heterocycles. The van der Waals surface area contributed by atoms with Crippen molar-refractivity contribution in [3.05, 3.63) is 63.3 Å². The van der Waals surface area contributed by atoms with Crippen molar-refractivity contribution in [2.45, 2.75) is 38.3 Å². The summed E-state index contributed by atoms with van der Waals surface area (Å²) in [6, 6.07) is 8.22. The Bertz CT molecular complexity index is 1200. The molecular formula is C23H28N6O2. The van der Waals surface area contributed by atoms with Gasteiger partial charge in [0.1, 0.15) is 0 Å². The quantitative estimate of drug-likeness (QED) is 0.642. The van der Waals surface area contributed by atoms with E-state index in [9.17, 15) is 9.59 Å². The van der Waals surface area contributed by atoms with Crippen molar-refractivity contribution in [3.63, 3.8) is 0 Å². The molecule has 31 heavy (non-hydrogen) atoms. The van der Waals surface area contributed by atoms with Crippen LogP contribution in [0.2, 0.25) is 0 Å². The summed E-state index contributed by atoms with van der Waals surface area (Å²) >= 11 is 0. The zero-order valence-corrected chi connectivity index (χ0v) is 17.9. The van der Waals surface area contributed by atoms with E-state index in [1.54, 1.807) is 19.6 Å². The molecule has 2 aromatic heterocycles. The molecule has 0 bridgehead atoms. The van der Waals surface area contributed by atoms with Crippen LogP contribution < -0.4 is 16.1 Å². The Hall–Kier alpha value is -3.00. The molecule has 0 spiro atoms. The summed E-state index contributed by atoms with van der Waals surface area (Å²) in [7, 11) is 1.71. The number of aromatic nitrogens is 4. The average molecular weight is 421 g/mol. The lowest BCUT2D eigenvalue weighted by atomic mass is 10.1. The lowest BCUT2D eigenvalue weighted by Crippen LogP contribution is -2.46. The number of hydrogen-bond donors (Lipinski definition) is 0. The molecule has 1 aromatic carbocycles. The van der Waals surface area contributed by atoms with Crippen molar-refractivity contribution in [1.82, 2.24) is 24.0 Å². The minimum absolute atomic E-state index is 0.0785. The van der Waals surface area contributed by atoms with Crippen molar-refractivity contribution < 1.29 is 0 Å². The zero-order valence-electron chi connectivity index (χ0n) is 17.9. The Morgan fingerprint density at radius 3 is 2.55 bits per heavy atom. The Balaban J connectivity index is 1.28. The summed E-state index contributed by atoms with van der Waals surface area (Å²) in [5.74, 6) is 0. The maximum Gasteiger partial charge on any atom is 0.347 e. The van der Waals surface area contributed by atoms with Crippen molar-refractivity contribution >= 4 is 16.6 Å². The first-order chi connectivity index (χ1) is 15.1. The van der Waals surface area contributed by atoms with Crippen molar-refractivity contribution in [2.75, 3.05) is 31.1 Å². The Morgan fingerprint density at radius 2 is 1.81 bits per heavy atom. The van der Waals surface area contributed by atoms with Gasteiger partial charge in [0.2, 0.25) is 0 Å². The lowest BCUT2D eigenvalue weighted by molar-refractivity contribution is 0.246. The molecule has 8 nitrogen and oxygen atoms in total. The van der Waals surface area contributed by atoms with E-state index in [2.05, 4.69) is 19.8 Å². The summed E-state index contributed by atoms with van der Waals surface area (Å²) in [5.41, 5.74) is 2.54. The summed E-state index contributed by atoms with van der Waals surface area (Å²) in [6.45, 7) is 4.24. The van der Waals surface area contributed by atoms with Crippen molar-refractivity contribution in [3.8, 4) is 0 Å². The monoisotopic (exact) mass is 420 g/mol. The van der Waals surface area contributed by atoms with Crippen LogP contribution in [-0.2, 0) is 13.6 Å². The van der Waals surface area contributed by atoms with E-state index in [1.807, 2.05) is 28.8 Å². The van der Waals surface area contributed by atoms with Gasteiger partial charge in [-0.25, -0.2) is 9.78 Å². The number of rotatable bonds is 4. The van der Waals surface area contributed by atoms with Crippen LogP contribution in [-0.4, -0.2) is 50.2 Å². The van der Waals surface area contributed by atoms with Crippen LogP contribution >= 0.6 is 0 Å². The van der Waals surface area contributed by atoms with Crippen LogP contribution in [0, 0.1) is 0 Å². The average Bonchev–Trinajstić information content (AvgIpc) is 3.31. The van der Waals surface area contributed by atoms with Gasteiger partial charge in [-0.2, -0.15) is 4.98 Å². The highest BCUT2D eigenvalue weighted by molar-refractivity contribution is 5.81. The number of anilines is 1. The van der Waals surface area contributed by atoms with E-state index in [4.69, 9.17) is 0 Å². The summed E-state index contributed by atoms with van der Waals surface area (Å²) in [5, 5.41) is 0.702. The molecule has 0 atom stereocenters. The van der Waals surface area contributed by atoms with Gasteiger partial charge in [-0.3, -0.25) is 14.3 Å². The number of piperazine rings is 1. The first kappa shape index (κ1) is 19.9. The summed E-state index contributed by atoms with van der Waals surface area (Å²) in [4.78, 5) is 38.1. The SMILES string of the molecule is Cn1ccc(CN2CCN(c3ccc4c(=O)n(C5CCCC5)cnc4c3)CC2)nc1=O. The predicted octanol–water partition coefficient (Wildman–Crippen LogP) is 1.93. The van der Waals surface area contributed by atoms with Crippen molar-refractivity contribution in [2.24, 2.45) is 7.05 Å². The molecule has 1 aliphatic carbocycles. The topological polar surface area (TPSA) is 76.3 Å². The number of benzene rings is 1. The minimum Gasteiger partial charge on any atom is -0.369 e. The molecule has 0 unspecified atom stereocenters. The molecule has 1 aliphatic heterocycles. The molecule has 2 aliphatic rings. The lowest BCUT2D eigenvalue weighted by Gasteiger charge is -2.36. The largest absolute Gasteiger partial charge is 0.369 e. The number of aryl methyl sites for hydroxylation is 1. The molecule has 3 aromatic rings. The van der Waals surface area contributed by atoms with Gasteiger partial charge in [-0.05, 0) is 37.1 Å². The smallest absolute Gasteiger partial charge is 0.347 e. The number of fused-ring (bicyclic) bond motifs is 1. The number of nitrogens with zero attached hydrogens (tertiary/aromatic N) is 6. The zero-order chi connectivity index (χ0) is 21.4. The van der Waals surface area contributed by atoms with Crippen LogP contribution in [0.15, 0.2) is 46.4 Å². The van der Waals surface area contributed by atoms with Gasteiger partial charge in [0.15, 0.2) is 0 Å². The first-order valence-electron chi connectivity index (χ1n) is 11.1. The van der Waals surface area contributed by atoms with Crippen LogP contribution in [0.5, 0.6) is 0 Å². The molecule has 2 fully saturated rings. The Labute approximate surface area is 180 Å². The van der Waals surface area contributed by atoms with Crippen LogP contribution in [0.25, 0.3) is 10.9 Å². The standard InChI is InChI=1S/C23H28N6O2/c1-26-9-8-17(25-23(26)31)15-27-10-12-28(13-11-27)19-6-7-20-21(14-19)24-16-29(22(20)30)18-4-2-3-5-18/h6-9,14,16,18H,2-5,10-13,15H2,1H3. The van der Waals surface area contributed by atoms with Crippen molar-refractivity contribution in [1.29, 1.82) is 0 Å². The van der Waals surface area contributed by atoms with E-state index in [0.717, 1.165) is 55.9 Å². The molecule has 1 saturated carbocycles. The normalized spacial score (nSPS) is 18.2. The second kappa shape index (κ2) is 8.26. The van der Waals surface area contributed by atoms with Gasteiger partial charge in [0.25, 0.3) is 5.56 Å². The molecule has 3 heterocycles. The highest BCUT2D eigenvalue weighted by Crippen LogP contribution is 2.28. The fourth-order valence-electron chi connectivity index (χ4n) is 4.74. The predicted molar refractivity (Wildman–Crippen MR) is 120 cm³/mol. The molecule has 8 heteroatoms. The Morgan fingerprint density at radius 1 is 1.03 bits per heavy atom. The molecular weight excluding hydrogens is 392 g/mol. The van der Waals surface area contributed by atoms with Gasteiger partial charge in [0.05, 0.1) is 22.9 Å². The Kier molecular flexibility index (Phi) is 5.31. The third kappa shape index (κ3) is 3.99. The maximum absolute atomic E-state index is 12.9. The molecule has 162 valence electrons. The van der Waals surface area contributed by atoms with E-state index >= 15 is 0 Å².